The zero-order valence-corrected chi connectivity index (χ0v) is 26.5. The van der Waals surface area contributed by atoms with E-state index in [-0.39, 0.29) is 30.4 Å². The van der Waals surface area contributed by atoms with E-state index < -0.39 is 29.9 Å². The van der Waals surface area contributed by atoms with Crippen molar-refractivity contribution >= 4 is 18.2 Å². The van der Waals surface area contributed by atoms with Crippen LogP contribution in [0.5, 0.6) is 0 Å². The maximum absolute atomic E-state index is 13.0. The first kappa shape index (κ1) is 33.6. The summed E-state index contributed by atoms with van der Waals surface area (Å²) in [6.45, 7) is 15.2. The van der Waals surface area contributed by atoms with E-state index in [0.29, 0.717) is 45.4 Å². The number of nitrogens with zero attached hydrogens (tertiary/aromatic N) is 3. The number of rotatable bonds is 3. The number of aliphatic hydroxyl groups is 1. The van der Waals surface area contributed by atoms with Crippen molar-refractivity contribution < 1.29 is 33.7 Å². The van der Waals surface area contributed by atoms with Gasteiger partial charge in [0.15, 0.2) is 0 Å². The standard InChI is InChI=1S/C32H51N3O7/c1-22-10-12-26(36)20-28(37)41-29(23(2)11-13-27(22)40-30(38)34-17-15-33(7)16-18-34)24(3)19-25-9-8-14-35(21-25)31(39)42-32(4,5)6/h9,11,13,19,22-23,26-27,29,36H,8,10,12,14-18,20-21H2,1-7H3/b13-11-,24-19+/t22-,23-,26+,27-,29-/m0/s1. The second-order valence-electron chi connectivity index (χ2n) is 13.1. The van der Waals surface area contributed by atoms with Crippen LogP contribution in [0.25, 0.3) is 0 Å². The zero-order chi connectivity index (χ0) is 31.0. The van der Waals surface area contributed by atoms with Crippen molar-refractivity contribution in [1.82, 2.24) is 14.7 Å². The molecule has 3 aliphatic heterocycles. The van der Waals surface area contributed by atoms with Gasteiger partial charge in [-0.2, -0.15) is 0 Å². The normalized spacial score (nSPS) is 29.9. The average Bonchev–Trinajstić information content (AvgIpc) is 2.91. The molecule has 0 saturated carbocycles. The van der Waals surface area contributed by atoms with Crippen LogP contribution < -0.4 is 0 Å². The van der Waals surface area contributed by atoms with Crippen LogP contribution in [0.1, 0.15) is 67.2 Å². The SMILES string of the molecule is C/C(=C\C1=CCCN(C(=O)OC(C)(C)C)C1)[C@H]1OC(=O)C[C@H](O)CC[C@H](C)[C@@H](OC(=O)N2CCN(C)CC2)/C=C\[C@@H]1C. The third kappa shape index (κ3) is 10.5. The average molecular weight is 590 g/mol. The second kappa shape index (κ2) is 15.0. The quantitative estimate of drug-likeness (QED) is 0.291. The minimum absolute atomic E-state index is 0.0451. The van der Waals surface area contributed by atoms with Gasteiger partial charge in [0.1, 0.15) is 17.8 Å². The monoisotopic (exact) mass is 589 g/mol. The van der Waals surface area contributed by atoms with Crippen LogP contribution in [0.3, 0.4) is 0 Å². The van der Waals surface area contributed by atoms with Gasteiger partial charge in [0.05, 0.1) is 12.5 Å². The highest BCUT2D eigenvalue weighted by molar-refractivity contribution is 5.71. The molecule has 1 N–H and O–H groups in total. The number of hydrogen-bond acceptors (Lipinski definition) is 8. The Morgan fingerprint density at radius 3 is 2.38 bits per heavy atom. The first-order valence-corrected chi connectivity index (χ1v) is 15.3. The Kier molecular flexibility index (Phi) is 12.1. The van der Waals surface area contributed by atoms with Crippen molar-refractivity contribution in [2.24, 2.45) is 11.8 Å². The van der Waals surface area contributed by atoms with Crippen molar-refractivity contribution in [3.05, 3.63) is 35.5 Å². The van der Waals surface area contributed by atoms with Gasteiger partial charge < -0.3 is 34.0 Å². The number of likely N-dealkylation sites (N-methyl/N-ethyl adjacent to an activating group) is 1. The molecule has 10 heteroatoms. The molecular weight excluding hydrogens is 538 g/mol. The summed E-state index contributed by atoms with van der Waals surface area (Å²) in [5.74, 6) is -0.735. The van der Waals surface area contributed by atoms with E-state index in [2.05, 4.69) is 11.0 Å². The smallest absolute Gasteiger partial charge is 0.410 e. The van der Waals surface area contributed by atoms with E-state index in [1.165, 1.54) is 0 Å². The molecule has 0 aromatic heterocycles. The van der Waals surface area contributed by atoms with Crippen molar-refractivity contribution in [3.8, 4) is 0 Å². The van der Waals surface area contributed by atoms with E-state index in [1.807, 2.05) is 66.8 Å². The highest BCUT2D eigenvalue weighted by atomic mass is 16.6. The summed E-state index contributed by atoms with van der Waals surface area (Å²) >= 11 is 0. The Hall–Kier alpha value is -2.85. The number of carbonyl (C=O) groups excluding carboxylic acids is 3. The molecule has 1 saturated heterocycles. The largest absolute Gasteiger partial charge is 0.457 e. The summed E-state index contributed by atoms with van der Waals surface area (Å²) in [5, 5.41) is 10.6. The van der Waals surface area contributed by atoms with E-state index >= 15 is 0 Å². The molecule has 0 aliphatic carbocycles. The maximum atomic E-state index is 13.0. The second-order valence-corrected chi connectivity index (χ2v) is 13.1. The molecule has 5 atom stereocenters. The Labute approximate surface area is 251 Å². The Morgan fingerprint density at radius 2 is 1.71 bits per heavy atom. The van der Waals surface area contributed by atoms with E-state index in [1.54, 1.807) is 9.80 Å². The topological polar surface area (TPSA) is 109 Å². The fraction of sp³-hybridized carbons (Fsp3) is 0.719. The molecule has 3 heterocycles. The Balaban J connectivity index is 1.78. The first-order chi connectivity index (χ1) is 19.7. The van der Waals surface area contributed by atoms with Crippen molar-refractivity contribution in [1.29, 1.82) is 0 Å². The Morgan fingerprint density at radius 1 is 1.02 bits per heavy atom. The summed E-state index contributed by atoms with van der Waals surface area (Å²) < 4.78 is 17.5. The van der Waals surface area contributed by atoms with Crippen molar-refractivity contribution in [2.45, 2.75) is 91.1 Å². The van der Waals surface area contributed by atoms with Gasteiger partial charge in [-0.3, -0.25) is 4.79 Å². The number of carbonyl (C=O) groups is 3. The number of ether oxygens (including phenoxy) is 3. The molecule has 236 valence electrons. The maximum Gasteiger partial charge on any atom is 0.410 e. The van der Waals surface area contributed by atoms with Crippen molar-refractivity contribution in [2.75, 3.05) is 46.3 Å². The van der Waals surface area contributed by atoms with Crippen LogP contribution in [0.2, 0.25) is 0 Å². The van der Waals surface area contributed by atoms with E-state index in [4.69, 9.17) is 14.2 Å². The summed E-state index contributed by atoms with van der Waals surface area (Å²) in [7, 11) is 2.04. The first-order valence-electron chi connectivity index (χ1n) is 15.3. The fourth-order valence-electron chi connectivity index (χ4n) is 5.36. The highest BCUT2D eigenvalue weighted by Gasteiger charge is 2.30. The lowest BCUT2D eigenvalue weighted by Gasteiger charge is -2.33. The molecule has 3 rings (SSSR count). The predicted molar refractivity (Wildman–Crippen MR) is 161 cm³/mol. The predicted octanol–water partition coefficient (Wildman–Crippen LogP) is 4.54. The lowest BCUT2D eigenvalue weighted by Crippen LogP contribution is -2.48. The van der Waals surface area contributed by atoms with Gasteiger partial charge in [0.2, 0.25) is 0 Å². The van der Waals surface area contributed by atoms with Gasteiger partial charge in [-0.15, -0.1) is 0 Å². The fourth-order valence-corrected chi connectivity index (χ4v) is 5.36. The molecule has 0 aromatic rings. The third-order valence-corrected chi connectivity index (χ3v) is 7.95. The van der Waals surface area contributed by atoms with Crippen LogP contribution in [0.4, 0.5) is 9.59 Å². The molecule has 0 unspecified atom stereocenters. The molecule has 42 heavy (non-hydrogen) atoms. The summed E-state index contributed by atoms with van der Waals surface area (Å²) in [5.41, 5.74) is 1.19. The number of aliphatic hydroxyl groups excluding tert-OH is 1. The van der Waals surface area contributed by atoms with Gasteiger partial charge >= 0.3 is 18.2 Å². The minimum Gasteiger partial charge on any atom is -0.457 e. The molecule has 2 amide bonds. The van der Waals surface area contributed by atoms with E-state index in [9.17, 15) is 19.5 Å². The summed E-state index contributed by atoms with van der Waals surface area (Å²) in [6, 6.07) is 0. The van der Waals surface area contributed by atoms with Gasteiger partial charge in [0, 0.05) is 45.2 Å². The summed E-state index contributed by atoms with van der Waals surface area (Å²) in [4.78, 5) is 44.1. The minimum atomic E-state index is -0.846. The number of piperazine rings is 1. The third-order valence-electron chi connectivity index (χ3n) is 7.95. The summed E-state index contributed by atoms with van der Waals surface area (Å²) in [6.07, 6.45) is 6.89. The lowest BCUT2D eigenvalue weighted by atomic mass is 9.91. The van der Waals surface area contributed by atoms with Crippen LogP contribution in [-0.4, -0.2) is 108 Å². The molecular formula is C32H51N3O7. The van der Waals surface area contributed by atoms with Crippen LogP contribution in [0, 0.1) is 11.8 Å². The van der Waals surface area contributed by atoms with Gasteiger partial charge in [-0.25, -0.2) is 9.59 Å². The van der Waals surface area contributed by atoms with Gasteiger partial charge in [-0.05, 0) is 77.1 Å². The zero-order valence-electron chi connectivity index (χ0n) is 26.5. The molecule has 1 fully saturated rings. The Bertz CT molecular complexity index is 1040. The molecule has 3 aliphatic rings. The molecule has 0 bridgehead atoms. The van der Waals surface area contributed by atoms with Crippen molar-refractivity contribution in [3.63, 3.8) is 0 Å². The number of cyclic esters (lactones) is 1. The van der Waals surface area contributed by atoms with Gasteiger partial charge in [-0.1, -0.05) is 32.1 Å². The molecule has 0 aromatic carbocycles. The number of esters is 1. The number of hydrogen-bond donors (Lipinski definition) is 1. The number of amides is 2. The lowest BCUT2D eigenvalue weighted by molar-refractivity contribution is -0.151. The van der Waals surface area contributed by atoms with Gasteiger partial charge in [0.25, 0.3) is 0 Å². The highest BCUT2D eigenvalue weighted by Crippen LogP contribution is 2.26. The molecule has 10 nitrogen and oxygen atoms in total. The van der Waals surface area contributed by atoms with E-state index in [0.717, 1.165) is 24.2 Å². The molecule has 0 spiro atoms. The van der Waals surface area contributed by atoms with Crippen LogP contribution >= 0.6 is 0 Å². The van der Waals surface area contributed by atoms with Crippen LogP contribution in [0.15, 0.2) is 35.5 Å². The van der Waals surface area contributed by atoms with Crippen LogP contribution in [-0.2, 0) is 19.0 Å². The molecule has 0 radical (unpaired) electrons.